The molecule has 0 saturated carbocycles. The first-order chi connectivity index (χ1) is 13.7. The Morgan fingerprint density at radius 3 is 2.54 bits per heavy atom. The summed E-state index contributed by atoms with van der Waals surface area (Å²) in [5.41, 5.74) is 0.920. The minimum Gasteiger partial charge on any atom is -0.491 e. The fourth-order valence-corrected chi connectivity index (χ4v) is 3.64. The lowest BCUT2D eigenvalue weighted by Crippen LogP contribution is -2.48. The molecule has 148 valence electrons. The molecule has 0 aliphatic carbocycles. The number of nitrogens with zero attached hydrogens (tertiary/aromatic N) is 3. The van der Waals surface area contributed by atoms with Crippen LogP contribution in [-0.2, 0) is 6.54 Å². The summed E-state index contributed by atoms with van der Waals surface area (Å²) in [6.45, 7) is 7.43. The van der Waals surface area contributed by atoms with Crippen molar-refractivity contribution in [1.29, 1.82) is 0 Å². The van der Waals surface area contributed by atoms with Gasteiger partial charge in [-0.05, 0) is 29.8 Å². The van der Waals surface area contributed by atoms with Crippen molar-refractivity contribution in [3.05, 3.63) is 60.0 Å². The van der Waals surface area contributed by atoms with E-state index in [0.29, 0.717) is 13.2 Å². The number of piperazine rings is 1. The van der Waals surface area contributed by atoms with Crippen LogP contribution >= 0.6 is 0 Å². The fourth-order valence-electron chi connectivity index (χ4n) is 3.64. The molecule has 0 spiro atoms. The van der Waals surface area contributed by atoms with Gasteiger partial charge in [0, 0.05) is 38.8 Å². The Balaban J connectivity index is 1.20. The number of benzene rings is 2. The van der Waals surface area contributed by atoms with E-state index in [-0.39, 0.29) is 0 Å². The van der Waals surface area contributed by atoms with Crippen LogP contribution < -0.4 is 4.74 Å². The molecule has 1 saturated heterocycles. The van der Waals surface area contributed by atoms with E-state index in [1.54, 1.807) is 0 Å². The van der Waals surface area contributed by atoms with Gasteiger partial charge in [0.1, 0.15) is 18.5 Å². The van der Waals surface area contributed by atoms with Crippen molar-refractivity contribution in [2.45, 2.75) is 19.6 Å². The quantitative estimate of drug-likeness (QED) is 0.679. The summed E-state index contributed by atoms with van der Waals surface area (Å²) in [5.74, 6) is 1.71. The first-order valence-corrected chi connectivity index (χ1v) is 9.82. The monoisotopic (exact) mass is 381 g/mol. The van der Waals surface area contributed by atoms with Crippen LogP contribution in [0.2, 0.25) is 0 Å². The molecular weight excluding hydrogens is 354 g/mol. The molecule has 0 radical (unpaired) electrons. The third-order valence-corrected chi connectivity index (χ3v) is 5.15. The van der Waals surface area contributed by atoms with Gasteiger partial charge in [-0.2, -0.15) is 0 Å². The maximum absolute atomic E-state index is 10.4. The van der Waals surface area contributed by atoms with Crippen LogP contribution in [0, 0.1) is 6.92 Å². The first-order valence-electron chi connectivity index (χ1n) is 9.82. The van der Waals surface area contributed by atoms with Crippen molar-refractivity contribution in [2.24, 2.45) is 0 Å². The van der Waals surface area contributed by atoms with Crippen molar-refractivity contribution in [3.63, 3.8) is 0 Å². The molecule has 28 heavy (non-hydrogen) atoms. The lowest BCUT2D eigenvalue weighted by molar-refractivity contribution is 0.0430. The normalized spacial score (nSPS) is 17.1. The van der Waals surface area contributed by atoms with E-state index in [1.165, 1.54) is 5.39 Å². The summed E-state index contributed by atoms with van der Waals surface area (Å²) in [7, 11) is 0. The molecule has 1 fully saturated rings. The smallest absolute Gasteiger partial charge is 0.150 e. The summed E-state index contributed by atoms with van der Waals surface area (Å²) in [5, 5.41) is 16.7. The molecule has 1 aliphatic rings. The number of hydrogen-bond acceptors (Lipinski definition) is 6. The molecule has 6 nitrogen and oxygen atoms in total. The predicted octanol–water partition coefficient (Wildman–Crippen LogP) is 2.69. The summed E-state index contributed by atoms with van der Waals surface area (Å²) < 4.78 is 11.1. The highest BCUT2D eigenvalue weighted by Crippen LogP contribution is 2.20. The predicted molar refractivity (Wildman–Crippen MR) is 108 cm³/mol. The molecular formula is C22H27N3O3. The van der Waals surface area contributed by atoms with Crippen LogP contribution in [0.15, 0.2) is 53.1 Å². The number of fused-ring (bicyclic) bond motifs is 1. The Kier molecular flexibility index (Phi) is 5.90. The number of rotatable bonds is 7. The lowest BCUT2D eigenvalue weighted by atomic mass is 10.1. The van der Waals surface area contributed by atoms with E-state index in [0.717, 1.165) is 55.3 Å². The zero-order valence-electron chi connectivity index (χ0n) is 16.3. The summed E-state index contributed by atoms with van der Waals surface area (Å²) in [6, 6.07) is 16.2. The molecule has 1 N–H and O–H groups in total. The van der Waals surface area contributed by atoms with E-state index in [1.807, 2.05) is 43.3 Å². The minimum atomic E-state index is -0.505. The Bertz CT molecular complexity index is 903. The molecule has 2 heterocycles. The van der Waals surface area contributed by atoms with Gasteiger partial charge in [0.25, 0.3) is 0 Å². The Labute approximate surface area is 165 Å². The van der Waals surface area contributed by atoms with Crippen LogP contribution in [-0.4, -0.2) is 65.5 Å². The van der Waals surface area contributed by atoms with E-state index < -0.39 is 6.10 Å². The number of aromatic nitrogens is 1. The third-order valence-electron chi connectivity index (χ3n) is 5.15. The largest absolute Gasteiger partial charge is 0.491 e. The average Bonchev–Trinajstić information content (AvgIpc) is 3.12. The highest BCUT2D eigenvalue weighted by Gasteiger charge is 2.20. The second-order valence-corrected chi connectivity index (χ2v) is 7.49. The number of aliphatic hydroxyl groups is 1. The number of aryl methyl sites for hydroxylation is 1. The Hall–Kier alpha value is -2.41. The maximum atomic E-state index is 10.4. The van der Waals surface area contributed by atoms with Crippen molar-refractivity contribution >= 4 is 10.8 Å². The van der Waals surface area contributed by atoms with Crippen LogP contribution in [0.25, 0.3) is 10.8 Å². The molecule has 1 unspecified atom stereocenters. The van der Waals surface area contributed by atoms with Crippen molar-refractivity contribution in [3.8, 4) is 5.75 Å². The standard InChI is InChI=1S/C22H27N3O3/c1-17-12-22(28-23-17)15-25-10-8-24(9-11-25)14-20(26)16-27-21-7-6-18-4-2-3-5-19(18)13-21/h2-7,12-13,20,26H,8-11,14-16H2,1H3. The Morgan fingerprint density at radius 2 is 1.79 bits per heavy atom. The second kappa shape index (κ2) is 8.73. The number of aliphatic hydroxyl groups excluding tert-OH is 1. The number of hydrogen-bond donors (Lipinski definition) is 1. The van der Waals surface area contributed by atoms with Crippen LogP contribution in [0.4, 0.5) is 0 Å². The van der Waals surface area contributed by atoms with Crippen LogP contribution in [0.3, 0.4) is 0 Å². The lowest BCUT2D eigenvalue weighted by Gasteiger charge is -2.35. The average molecular weight is 381 g/mol. The maximum Gasteiger partial charge on any atom is 0.150 e. The zero-order chi connectivity index (χ0) is 19.3. The van der Waals surface area contributed by atoms with Gasteiger partial charge < -0.3 is 14.4 Å². The van der Waals surface area contributed by atoms with Crippen molar-refractivity contribution < 1.29 is 14.4 Å². The molecule has 2 aromatic carbocycles. The molecule has 3 aromatic rings. The van der Waals surface area contributed by atoms with Crippen LogP contribution in [0.5, 0.6) is 5.75 Å². The SMILES string of the molecule is Cc1cc(CN2CCN(CC(O)COc3ccc4ccccc4c3)CC2)on1. The number of β-amino-alcohol motifs (C(OH)–C–C–N with tert-alkyl or cyclic N) is 1. The third kappa shape index (κ3) is 4.90. The molecule has 0 bridgehead atoms. The van der Waals surface area contributed by atoms with E-state index >= 15 is 0 Å². The Morgan fingerprint density at radius 1 is 1.04 bits per heavy atom. The molecule has 0 amide bonds. The van der Waals surface area contributed by atoms with Gasteiger partial charge in [-0.1, -0.05) is 35.5 Å². The molecule has 1 aliphatic heterocycles. The summed E-state index contributed by atoms with van der Waals surface area (Å²) in [4.78, 5) is 4.64. The van der Waals surface area contributed by atoms with E-state index in [2.05, 4.69) is 27.1 Å². The zero-order valence-corrected chi connectivity index (χ0v) is 16.3. The van der Waals surface area contributed by atoms with Gasteiger partial charge in [-0.15, -0.1) is 0 Å². The van der Waals surface area contributed by atoms with Gasteiger partial charge in [0.2, 0.25) is 0 Å². The summed E-state index contributed by atoms with van der Waals surface area (Å²) >= 11 is 0. The van der Waals surface area contributed by atoms with Gasteiger partial charge in [-0.25, -0.2) is 0 Å². The second-order valence-electron chi connectivity index (χ2n) is 7.49. The van der Waals surface area contributed by atoms with E-state index in [9.17, 15) is 5.11 Å². The topological polar surface area (TPSA) is 62.0 Å². The fraction of sp³-hybridized carbons (Fsp3) is 0.409. The first kappa shape index (κ1) is 18.9. The van der Waals surface area contributed by atoms with Gasteiger partial charge in [0.05, 0.1) is 12.2 Å². The van der Waals surface area contributed by atoms with Gasteiger partial charge in [0.15, 0.2) is 5.76 Å². The number of ether oxygens (including phenoxy) is 1. The molecule has 1 atom stereocenters. The minimum absolute atomic E-state index is 0.301. The van der Waals surface area contributed by atoms with Crippen molar-refractivity contribution in [2.75, 3.05) is 39.3 Å². The molecule has 1 aromatic heterocycles. The highest BCUT2D eigenvalue weighted by atomic mass is 16.5. The molecule has 6 heteroatoms. The van der Waals surface area contributed by atoms with Gasteiger partial charge >= 0.3 is 0 Å². The van der Waals surface area contributed by atoms with E-state index in [4.69, 9.17) is 9.26 Å². The highest BCUT2D eigenvalue weighted by molar-refractivity contribution is 5.83. The van der Waals surface area contributed by atoms with Crippen molar-refractivity contribution in [1.82, 2.24) is 15.0 Å². The van der Waals surface area contributed by atoms with Crippen LogP contribution in [0.1, 0.15) is 11.5 Å². The summed E-state index contributed by atoms with van der Waals surface area (Å²) in [6.07, 6.45) is -0.505. The van der Waals surface area contributed by atoms with Gasteiger partial charge in [-0.3, -0.25) is 9.80 Å². The molecule has 4 rings (SSSR count).